The molecule has 3 N–H and O–H groups in total. The number of aliphatic hydroxyl groups is 1. The number of ether oxygens (including phenoxy) is 1. The van der Waals surface area contributed by atoms with Gasteiger partial charge in [-0.15, -0.1) is 0 Å². The second kappa shape index (κ2) is 6.62. The van der Waals surface area contributed by atoms with Crippen LogP contribution in [0, 0.1) is 11.8 Å². The molecule has 1 aromatic carbocycles. The average molecular weight is 237 g/mol. The summed E-state index contributed by atoms with van der Waals surface area (Å²) in [6, 6.07) is 7.79. The normalized spacial score (nSPS) is 14.7. The van der Waals surface area contributed by atoms with Crippen LogP contribution in [-0.2, 0) is 6.42 Å². The summed E-state index contributed by atoms with van der Waals surface area (Å²) in [6.07, 6.45) is 0.226. The molecule has 0 aliphatic heterocycles. The number of nitrogens with two attached hydrogens (primary N) is 1. The van der Waals surface area contributed by atoms with Gasteiger partial charge in [0.2, 0.25) is 0 Å². The molecule has 0 amide bonds. The van der Waals surface area contributed by atoms with Crippen molar-refractivity contribution < 1.29 is 9.84 Å². The minimum absolute atomic E-state index is 0.140. The summed E-state index contributed by atoms with van der Waals surface area (Å²) in [5.41, 5.74) is 6.78. The number of rotatable bonds is 6. The van der Waals surface area contributed by atoms with Crippen molar-refractivity contribution in [2.24, 2.45) is 17.6 Å². The first-order valence-electron chi connectivity index (χ1n) is 6.09. The molecular weight excluding hydrogens is 214 g/mol. The van der Waals surface area contributed by atoms with Gasteiger partial charge < -0.3 is 15.6 Å². The van der Waals surface area contributed by atoms with Crippen LogP contribution in [0.4, 0.5) is 0 Å². The van der Waals surface area contributed by atoms with E-state index < -0.39 is 6.10 Å². The van der Waals surface area contributed by atoms with Crippen molar-refractivity contribution in [2.45, 2.75) is 26.4 Å². The molecule has 0 aliphatic rings. The van der Waals surface area contributed by atoms with Gasteiger partial charge in [0, 0.05) is 0 Å². The van der Waals surface area contributed by atoms with Crippen LogP contribution in [0.3, 0.4) is 0 Å². The molecule has 0 spiro atoms. The van der Waals surface area contributed by atoms with Gasteiger partial charge in [0.05, 0.1) is 13.2 Å². The Bertz CT molecular complexity index is 339. The topological polar surface area (TPSA) is 55.5 Å². The van der Waals surface area contributed by atoms with E-state index >= 15 is 0 Å². The Balaban J connectivity index is 2.69. The lowest BCUT2D eigenvalue weighted by Gasteiger charge is -2.25. The van der Waals surface area contributed by atoms with Crippen LogP contribution in [0.25, 0.3) is 0 Å². The summed E-state index contributed by atoms with van der Waals surface area (Å²) in [4.78, 5) is 0. The Morgan fingerprint density at radius 1 is 1.35 bits per heavy atom. The molecule has 0 aromatic heterocycles. The van der Waals surface area contributed by atoms with Crippen molar-refractivity contribution in [3.8, 4) is 5.75 Å². The fourth-order valence-corrected chi connectivity index (χ4v) is 2.07. The highest BCUT2D eigenvalue weighted by Gasteiger charge is 2.21. The predicted molar refractivity (Wildman–Crippen MR) is 70.1 cm³/mol. The van der Waals surface area contributed by atoms with E-state index in [2.05, 4.69) is 13.8 Å². The number of hydrogen-bond acceptors (Lipinski definition) is 3. The van der Waals surface area contributed by atoms with Crippen LogP contribution in [0.2, 0.25) is 0 Å². The number of aliphatic hydroxyl groups excluding tert-OH is 1. The summed E-state index contributed by atoms with van der Waals surface area (Å²) < 4.78 is 5.16. The Labute approximate surface area is 104 Å². The third kappa shape index (κ3) is 4.02. The minimum atomic E-state index is -0.396. The van der Waals surface area contributed by atoms with Gasteiger partial charge in [-0.05, 0) is 42.5 Å². The molecule has 0 saturated heterocycles. The molecule has 0 radical (unpaired) electrons. The molecule has 0 saturated carbocycles. The first kappa shape index (κ1) is 14.0. The molecule has 2 atom stereocenters. The van der Waals surface area contributed by atoms with Crippen LogP contribution in [0.15, 0.2) is 24.3 Å². The molecule has 0 aliphatic carbocycles. The van der Waals surface area contributed by atoms with Crippen LogP contribution in [0.5, 0.6) is 5.75 Å². The van der Waals surface area contributed by atoms with Crippen LogP contribution < -0.4 is 10.5 Å². The minimum Gasteiger partial charge on any atom is -0.497 e. The van der Waals surface area contributed by atoms with Gasteiger partial charge in [-0.2, -0.15) is 0 Å². The molecule has 1 aromatic rings. The zero-order valence-electron chi connectivity index (χ0n) is 10.9. The third-order valence-corrected chi connectivity index (χ3v) is 3.20. The highest BCUT2D eigenvalue weighted by atomic mass is 16.5. The molecule has 1 rings (SSSR count). The van der Waals surface area contributed by atoms with Crippen molar-refractivity contribution in [2.75, 3.05) is 13.7 Å². The molecule has 3 heteroatoms. The lowest BCUT2D eigenvalue weighted by molar-refractivity contribution is 0.0863. The van der Waals surface area contributed by atoms with Crippen molar-refractivity contribution >= 4 is 0 Å². The zero-order chi connectivity index (χ0) is 12.8. The van der Waals surface area contributed by atoms with Crippen LogP contribution >= 0.6 is 0 Å². The van der Waals surface area contributed by atoms with E-state index in [0.29, 0.717) is 18.9 Å². The van der Waals surface area contributed by atoms with Gasteiger partial charge in [-0.1, -0.05) is 26.0 Å². The highest BCUT2D eigenvalue weighted by Crippen LogP contribution is 2.20. The highest BCUT2D eigenvalue weighted by molar-refractivity contribution is 5.28. The van der Waals surface area contributed by atoms with Gasteiger partial charge in [-0.3, -0.25) is 0 Å². The van der Waals surface area contributed by atoms with Gasteiger partial charge >= 0.3 is 0 Å². The standard InChI is InChI=1S/C14H23NO2/c1-10(2)13(9-15)14(16)8-11-5-4-6-12(7-11)17-3/h4-7,10,13-14,16H,8-9,15H2,1-3H3. The van der Waals surface area contributed by atoms with Crippen LogP contribution in [0.1, 0.15) is 19.4 Å². The summed E-state index contributed by atoms with van der Waals surface area (Å²) >= 11 is 0. The maximum atomic E-state index is 10.2. The molecule has 0 fully saturated rings. The van der Waals surface area contributed by atoms with Gasteiger partial charge in [0.25, 0.3) is 0 Å². The smallest absolute Gasteiger partial charge is 0.119 e. The lowest BCUT2D eigenvalue weighted by atomic mass is 9.87. The fraction of sp³-hybridized carbons (Fsp3) is 0.571. The number of hydrogen-bond donors (Lipinski definition) is 2. The average Bonchev–Trinajstić information content (AvgIpc) is 2.29. The second-order valence-corrected chi connectivity index (χ2v) is 4.77. The van der Waals surface area contributed by atoms with E-state index in [1.54, 1.807) is 7.11 Å². The van der Waals surface area contributed by atoms with Crippen molar-refractivity contribution in [1.82, 2.24) is 0 Å². The molecule has 0 bridgehead atoms. The predicted octanol–water partition coefficient (Wildman–Crippen LogP) is 1.83. The van der Waals surface area contributed by atoms with E-state index in [-0.39, 0.29) is 5.92 Å². The van der Waals surface area contributed by atoms with Crippen molar-refractivity contribution in [1.29, 1.82) is 0 Å². The van der Waals surface area contributed by atoms with E-state index in [1.807, 2.05) is 24.3 Å². The summed E-state index contributed by atoms with van der Waals surface area (Å²) in [5, 5.41) is 10.2. The summed E-state index contributed by atoms with van der Waals surface area (Å²) in [6.45, 7) is 4.70. The van der Waals surface area contributed by atoms with Gasteiger partial charge in [-0.25, -0.2) is 0 Å². The molecular formula is C14H23NO2. The number of benzene rings is 1. The van der Waals surface area contributed by atoms with E-state index in [9.17, 15) is 5.11 Å². The summed E-state index contributed by atoms with van der Waals surface area (Å²) in [7, 11) is 1.65. The lowest BCUT2D eigenvalue weighted by Crippen LogP contribution is -2.33. The van der Waals surface area contributed by atoms with Crippen LogP contribution in [-0.4, -0.2) is 24.9 Å². The first-order chi connectivity index (χ1) is 8.08. The molecule has 2 unspecified atom stereocenters. The Kier molecular flexibility index (Phi) is 5.45. The Morgan fingerprint density at radius 2 is 2.06 bits per heavy atom. The fourth-order valence-electron chi connectivity index (χ4n) is 2.07. The van der Waals surface area contributed by atoms with Crippen molar-refractivity contribution in [3.05, 3.63) is 29.8 Å². The van der Waals surface area contributed by atoms with Gasteiger partial charge in [0.1, 0.15) is 5.75 Å². The van der Waals surface area contributed by atoms with Gasteiger partial charge in [0.15, 0.2) is 0 Å². The van der Waals surface area contributed by atoms with E-state index in [0.717, 1.165) is 11.3 Å². The number of methoxy groups -OCH3 is 1. The quantitative estimate of drug-likeness (QED) is 0.793. The van der Waals surface area contributed by atoms with Crippen molar-refractivity contribution in [3.63, 3.8) is 0 Å². The van der Waals surface area contributed by atoms with E-state index in [4.69, 9.17) is 10.5 Å². The van der Waals surface area contributed by atoms with E-state index in [1.165, 1.54) is 0 Å². The third-order valence-electron chi connectivity index (χ3n) is 3.20. The second-order valence-electron chi connectivity index (χ2n) is 4.77. The SMILES string of the molecule is COc1cccc(CC(O)C(CN)C(C)C)c1. The molecule has 17 heavy (non-hydrogen) atoms. The Morgan fingerprint density at radius 3 is 2.59 bits per heavy atom. The monoisotopic (exact) mass is 237 g/mol. The molecule has 3 nitrogen and oxygen atoms in total. The Hall–Kier alpha value is -1.06. The summed E-state index contributed by atoms with van der Waals surface area (Å²) in [5.74, 6) is 1.35. The first-order valence-corrected chi connectivity index (χ1v) is 6.09. The zero-order valence-corrected chi connectivity index (χ0v) is 10.9. The maximum Gasteiger partial charge on any atom is 0.119 e. The molecule has 0 heterocycles. The maximum absolute atomic E-state index is 10.2. The molecule has 96 valence electrons. The largest absolute Gasteiger partial charge is 0.497 e.